The third-order valence-corrected chi connectivity index (χ3v) is 3.98. The van der Waals surface area contributed by atoms with Gasteiger partial charge in [0.15, 0.2) is 24.6 Å². The fraction of sp³-hybridized carbons (Fsp3) is 0.556. The van der Waals surface area contributed by atoms with Crippen LogP contribution in [0.2, 0.25) is 0 Å². The Kier molecular flexibility index (Phi) is 9.49. The van der Waals surface area contributed by atoms with Crippen LogP contribution in [0.25, 0.3) is 0 Å². The standard InChI is InChI=1S/C18H27F2N3O4/c1-5-21-16(24)11-23(6-2)12-17(25)22(3)10-13-7-8-14(27-18(19)20)15(9-13)26-4/h7-9,18H,5-6,10-12H2,1-4H3,(H,21,24)/p+1. The van der Waals surface area contributed by atoms with Gasteiger partial charge < -0.3 is 24.6 Å². The highest BCUT2D eigenvalue weighted by molar-refractivity contribution is 5.78. The fourth-order valence-corrected chi connectivity index (χ4v) is 2.51. The second kappa shape index (κ2) is 11.3. The number of halogens is 2. The van der Waals surface area contributed by atoms with Gasteiger partial charge in [0.25, 0.3) is 11.8 Å². The van der Waals surface area contributed by atoms with Crippen LogP contribution in [0.15, 0.2) is 18.2 Å². The molecule has 0 saturated heterocycles. The molecule has 9 heteroatoms. The Labute approximate surface area is 158 Å². The molecular formula is C18H28F2N3O4+. The van der Waals surface area contributed by atoms with Gasteiger partial charge in [-0.25, -0.2) is 0 Å². The first-order valence-corrected chi connectivity index (χ1v) is 8.76. The summed E-state index contributed by atoms with van der Waals surface area (Å²) in [5, 5.41) is 2.72. The third-order valence-electron chi connectivity index (χ3n) is 3.98. The smallest absolute Gasteiger partial charge is 0.387 e. The highest BCUT2D eigenvalue weighted by atomic mass is 19.3. The largest absolute Gasteiger partial charge is 0.493 e. The molecule has 0 bridgehead atoms. The molecule has 0 aliphatic carbocycles. The summed E-state index contributed by atoms with van der Waals surface area (Å²) in [7, 11) is 3.01. The fourth-order valence-electron chi connectivity index (χ4n) is 2.51. The van der Waals surface area contributed by atoms with E-state index in [-0.39, 0.29) is 42.9 Å². The number of ether oxygens (including phenoxy) is 2. The SMILES string of the molecule is CCNC(=O)C[NH+](CC)CC(=O)N(C)Cc1ccc(OC(F)F)c(OC)c1. The summed E-state index contributed by atoms with van der Waals surface area (Å²) in [6.07, 6.45) is 0. The number of carbonyl (C=O) groups is 2. The predicted molar refractivity (Wildman–Crippen MR) is 96.0 cm³/mol. The first-order chi connectivity index (χ1) is 12.8. The molecule has 0 aliphatic heterocycles. The molecule has 1 aromatic carbocycles. The molecule has 0 spiro atoms. The Morgan fingerprint density at radius 1 is 1.22 bits per heavy atom. The third kappa shape index (κ3) is 7.78. The lowest BCUT2D eigenvalue weighted by atomic mass is 10.2. The summed E-state index contributed by atoms with van der Waals surface area (Å²) in [4.78, 5) is 26.5. The Balaban J connectivity index is 2.69. The first kappa shape index (κ1) is 22.6. The molecule has 0 aliphatic rings. The molecule has 2 amide bonds. The summed E-state index contributed by atoms with van der Waals surface area (Å²) in [6, 6.07) is 4.54. The first-order valence-electron chi connectivity index (χ1n) is 8.76. The van der Waals surface area contributed by atoms with Crippen molar-refractivity contribution in [2.75, 3.05) is 40.3 Å². The Bertz CT molecular complexity index is 629. The molecule has 1 unspecified atom stereocenters. The van der Waals surface area contributed by atoms with Crippen molar-refractivity contribution < 1.29 is 32.7 Å². The van der Waals surface area contributed by atoms with E-state index in [4.69, 9.17) is 4.74 Å². The van der Waals surface area contributed by atoms with Crippen molar-refractivity contribution in [1.82, 2.24) is 10.2 Å². The zero-order valence-electron chi connectivity index (χ0n) is 16.2. The van der Waals surface area contributed by atoms with Crippen LogP contribution in [-0.4, -0.2) is 63.7 Å². The van der Waals surface area contributed by atoms with Crippen LogP contribution in [0.1, 0.15) is 19.4 Å². The lowest BCUT2D eigenvalue weighted by Gasteiger charge is -2.22. The van der Waals surface area contributed by atoms with Crippen LogP contribution in [0.3, 0.4) is 0 Å². The van der Waals surface area contributed by atoms with E-state index in [1.54, 1.807) is 19.2 Å². The predicted octanol–water partition coefficient (Wildman–Crippen LogP) is 0.296. The molecule has 0 radical (unpaired) electrons. The molecule has 2 N–H and O–H groups in total. The number of benzene rings is 1. The van der Waals surface area contributed by atoms with E-state index in [0.717, 1.165) is 4.90 Å². The molecule has 0 saturated carbocycles. The second-order valence-corrected chi connectivity index (χ2v) is 6.02. The van der Waals surface area contributed by atoms with Gasteiger partial charge in [0.1, 0.15) is 0 Å². The van der Waals surface area contributed by atoms with Gasteiger partial charge in [-0.3, -0.25) is 9.59 Å². The number of nitrogens with zero attached hydrogens (tertiary/aromatic N) is 1. The second-order valence-electron chi connectivity index (χ2n) is 6.02. The minimum atomic E-state index is -2.94. The molecule has 7 nitrogen and oxygen atoms in total. The zero-order chi connectivity index (χ0) is 20.4. The Morgan fingerprint density at radius 2 is 1.93 bits per heavy atom. The maximum atomic E-state index is 12.4. The van der Waals surface area contributed by atoms with Crippen LogP contribution < -0.4 is 19.7 Å². The maximum Gasteiger partial charge on any atom is 0.387 e. The van der Waals surface area contributed by atoms with E-state index >= 15 is 0 Å². The molecule has 0 aromatic heterocycles. The lowest BCUT2D eigenvalue weighted by Crippen LogP contribution is -3.14. The van der Waals surface area contributed by atoms with Crippen molar-refractivity contribution in [2.24, 2.45) is 0 Å². The summed E-state index contributed by atoms with van der Waals surface area (Å²) < 4.78 is 34.2. The van der Waals surface area contributed by atoms with Crippen LogP contribution in [0, 0.1) is 0 Å². The highest BCUT2D eigenvalue weighted by Crippen LogP contribution is 2.29. The number of likely N-dealkylation sites (N-methyl/N-ethyl adjacent to an activating group) is 3. The van der Waals surface area contributed by atoms with Gasteiger partial charge >= 0.3 is 6.61 Å². The van der Waals surface area contributed by atoms with E-state index in [9.17, 15) is 18.4 Å². The topological polar surface area (TPSA) is 72.3 Å². The van der Waals surface area contributed by atoms with Crippen molar-refractivity contribution >= 4 is 11.8 Å². The number of amides is 2. The number of quaternary nitrogens is 1. The zero-order valence-corrected chi connectivity index (χ0v) is 16.2. The quantitative estimate of drug-likeness (QED) is 0.572. The van der Waals surface area contributed by atoms with Gasteiger partial charge in [-0.1, -0.05) is 6.07 Å². The van der Waals surface area contributed by atoms with Gasteiger partial charge in [-0.2, -0.15) is 8.78 Å². The summed E-state index contributed by atoms with van der Waals surface area (Å²) in [5.41, 5.74) is 0.714. The molecular weight excluding hydrogens is 360 g/mol. The Hall–Kier alpha value is -2.42. The minimum absolute atomic E-state index is 0.0613. The van der Waals surface area contributed by atoms with Gasteiger partial charge in [-0.05, 0) is 31.5 Å². The van der Waals surface area contributed by atoms with E-state index < -0.39 is 6.61 Å². The summed E-state index contributed by atoms with van der Waals surface area (Å²) in [6.45, 7) is 2.71. The Morgan fingerprint density at radius 3 is 2.48 bits per heavy atom. The number of carbonyl (C=O) groups excluding carboxylic acids is 2. The van der Waals surface area contributed by atoms with Crippen molar-refractivity contribution in [3.63, 3.8) is 0 Å². The van der Waals surface area contributed by atoms with Crippen LogP contribution in [-0.2, 0) is 16.1 Å². The van der Waals surface area contributed by atoms with Crippen molar-refractivity contribution in [2.45, 2.75) is 27.0 Å². The van der Waals surface area contributed by atoms with Crippen LogP contribution in [0.4, 0.5) is 8.78 Å². The van der Waals surface area contributed by atoms with E-state index in [0.29, 0.717) is 18.7 Å². The van der Waals surface area contributed by atoms with Crippen LogP contribution in [0.5, 0.6) is 11.5 Å². The summed E-state index contributed by atoms with van der Waals surface area (Å²) in [5.74, 6) is -0.105. The number of hydrogen-bond acceptors (Lipinski definition) is 4. The lowest BCUT2D eigenvalue weighted by molar-refractivity contribution is -0.882. The van der Waals surface area contributed by atoms with Gasteiger partial charge in [0.2, 0.25) is 0 Å². The molecule has 1 rings (SSSR count). The minimum Gasteiger partial charge on any atom is -0.493 e. The number of methoxy groups -OCH3 is 1. The molecule has 0 fully saturated rings. The molecule has 0 heterocycles. The van der Waals surface area contributed by atoms with Crippen molar-refractivity contribution in [3.8, 4) is 11.5 Å². The normalized spacial score (nSPS) is 11.8. The van der Waals surface area contributed by atoms with Crippen molar-refractivity contribution in [3.05, 3.63) is 23.8 Å². The van der Waals surface area contributed by atoms with Crippen molar-refractivity contribution in [1.29, 1.82) is 0 Å². The van der Waals surface area contributed by atoms with E-state index in [2.05, 4.69) is 10.1 Å². The van der Waals surface area contributed by atoms with Gasteiger partial charge in [-0.15, -0.1) is 0 Å². The average molecular weight is 388 g/mol. The molecule has 1 aromatic rings. The van der Waals surface area contributed by atoms with E-state index in [1.165, 1.54) is 18.1 Å². The monoisotopic (exact) mass is 388 g/mol. The molecule has 27 heavy (non-hydrogen) atoms. The number of hydrogen-bond donors (Lipinski definition) is 2. The number of nitrogens with one attached hydrogen (secondary N) is 2. The maximum absolute atomic E-state index is 12.4. The van der Waals surface area contributed by atoms with Gasteiger partial charge in [0.05, 0.1) is 13.7 Å². The van der Waals surface area contributed by atoms with Crippen LogP contribution >= 0.6 is 0 Å². The highest BCUT2D eigenvalue weighted by Gasteiger charge is 2.20. The van der Waals surface area contributed by atoms with Gasteiger partial charge in [0, 0.05) is 20.1 Å². The van der Waals surface area contributed by atoms with E-state index in [1.807, 2.05) is 13.8 Å². The average Bonchev–Trinajstić information content (AvgIpc) is 2.61. The number of rotatable bonds is 11. The molecule has 1 atom stereocenters. The molecule has 152 valence electrons. The summed E-state index contributed by atoms with van der Waals surface area (Å²) >= 11 is 0. The number of alkyl halides is 2.